The Labute approximate surface area is 123 Å². The highest BCUT2D eigenvalue weighted by Crippen LogP contribution is 2.25. The maximum atomic E-state index is 13.1. The lowest BCUT2D eigenvalue weighted by Gasteiger charge is -2.20. The third-order valence-electron chi connectivity index (χ3n) is 3.71. The molecule has 3 unspecified atom stereocenters. The van der Waals surface area contributed by atoms with Crippen molar-refractivity contribution in [2.24, 2.45) is 11.7 Å². The van der Waals surface area contributed by atoms with E-state index in [-0.39, 0.29) is 36.3 Å². The van der Waals surface area contributed by atoms with Crippen molar-refractivity contribution >= 4 is 18.3 Å². The lowest BCUT2D eigenvalue weighted by Crippen LogP contribution is -2.39. The SMILES string of the molecule is CC(NC(=O)C1CCCC1N)c1ccc(F)c(F)c1.Cl. The number of halogens is 3. The van der Waals surface area contributed by atoms with Crippen LogP contribution in [-0.2, 0) is 4.79 Å². The first-order chi connectivity index (χ1) is 8.99. The smallest absolute Gasteiger partial charge is 0.225 e. The largest absolute Gasteiger partial charge is 0.349 e. The van der Waals surface area contributed by atoms with E-state index in [0.717, 1.165) is 31.4 Å². The van der Waals surface area contributed by atoms with Crippen LogP contribution < -0.4 is 11.1 Å². The highest BCUT2D eigenvalue weighted by Gasteiger charge is 2.30. The molecule has 1 saturated carbocycles. The zero-order chi connectivity index (χ0) is 14.0. The van der Waals surface area contributed by atoms with Crippen LogP contribution in [0.1, 0.15) is 37.8 Å². The summed E-state index contributed by atoms with van der Waals surface area (Å²) in [5.41, 5.74) is 6.41. The second-order valence-electron chi connectivity index (χ2n) is 5.11. The van der Waals surface area contributed by atoms with Gasteiger partial charge < -0.3 is 11.1 Å². The standard InChI is InChI=1S/C14H18F2N2O.ClH/c1-8(9-5-6-11(15)12(16)7-9)18-14(19)10-3-2-4-13(10)17;/h5-8,10,13H,2-4,17H2,1H3,(H,18,19);1H. The highest BCUT2D eigenvalue weighted by molar-refractivity contribution is 5.85. The van der Waals surface area contributed by atoms with E-state index in [1.54, 1.807) is 6.92 Å². The van der Waals surface area contributed by atoms with Crippen molar-refractivity contribution in [1.82, 2.24) is 5.32 Å². The minimum Gasteiger partial charge on any atom is -0.349 e. The van der Waals surface area contributed by atoms with Gasteiger partial charge in [-0.05, 0) is 37.5 Å². The van der Waals surface area contributed by atoms with Crippen LogP contribution >= 0.6 is 12.4 Å². The number of rotatable bonds is 3. The second-order valence-corrected chi connectivity index (χ2v) is 5.11. The number of hydrogen-bond acceptors (Lipinski definition) is 2. The van der Waals surface area contributed by atoms with Crippen LogP contribution in [0.5, 0.6) is 0 Å². The number of benzene rings is 1. The molecular formula is C14H19ClF2N2O. The molecule has 1 aliphatic rings. The first-order valence-electron chi connectivity index (χ1n) is 6.50. The summed E-state index contributed by atoms with van der Waals surface area (Å²) in [5.74, 6) is -2.08. The van der Waals surface area contributed by atoms with E-state index in [4.69, 9.17) is 5.73 Å². The molecule has 20 heavy (non-hydrogen) atoms. The molecule has 0 spiro atoms. The second kappa shape index (κ2) is 6.99. The first kappa shape index (κ1) is 16.9. The zero-order valence-corrected chi connectivity index (χ0v) is 12.1. The van der Waals surface area contributed by atoms with Crippen molar-refractivity contribution in [3.05, 3.63) is 35.4 Å². The molecule has 1 aromatic rings. The molecule has 0 saturated heterocycles. The van der Waals surface area contributed by atoms with Crippen molar-refractivity contribution < 1.29 is 13.6 Å². The van der Waals surface area contributed by atoms with E-state index in [2.05, 4.69) is 5.32 Å². The Morgan fingerprint density at radius 1 is 1.35 bits per heavy atom. The molecule has 1 amide bonds. The number of carbonyl (C=O) groups excluding carboxylic acids is 1. The van der Waals surface area contributed by atoms with Gasteiger partial charge in [0.05, 0.1) is 12.0 Å². The summed E-state index contributed by atoms with van der Waals surface area (Å²) >= 11 is 0. The lowest BCUT2D eigenvalue weighted by atomic mass is 10.0. The van der Waals surface area contributed by atoms with Gasteiger partial charge in [-0.25, -0.2) is 8.78 Å². The van der Waals surface area contributed by atoms with Gasteiger partial charge in [0.1, 0.15) is 0 Å². The predicted octanol–water partition coefficient (Wildman–Crippen LogP) is 2.69. The van der Waals surface area contributed by atoms with Crippen LogP contribution in [0.4, 0.5) is 8.78 Å². The third-order valence-corrected chi connectivity index (χ3v) is 3.71. The van der Waals surface area contributed by atoms with E-state index in [0.29, 0.717) is 5.56 Å². The summed E-state index contributed by atoms with van der Waals surface area (Å²) in [6.07, 6.45) is 2.61. The molecule has 1 aromatic carbocycles. The molecule has 0 aromatic heterocycles. The molecule has 112 valence electrons. The zero-order valence-electron chi connectivity index (χ0n) is 11.2. The fourth-order valence-electron chi connectivity index (χ4n) is 2.50. The van der Waals surface area contributed by atoms with Crippen molar-refractivity contribution in [2.75, 3.05) is 0 Å². The Morgan fingerprint density at radius 3 is 2.60 bits per heavy atom. The van der Waals surface area contributed by atoms with Gasteiger partial charge in [0, 0.05) is 6.04 Å². The van der Waals surface area contributed by atoms with Gasteiger partial charge >= 0.3 is 0 Å². The predicted molar refractivity (Wildman–Crippen MR) is 75.5 cm³/mol. The van der Waals surface area contributed by atoms with Crippen molar-refractivity contribution in [3.8, 4) is 0 Å². The topological polar surface area (TPSA) is 55.1 Å². The van der Waals surface area contributed by atoms with Crippen LogP contribution in [0.3, 0.4) is 0 Å². The van der Waals surface area contributed by atoms with Gasteiger partial charge in [-0.3, -0.25) is 4.79 Å². The quantitative estimate of drug-likeness (QED) is 0.902. The summed E-state index contributed by atoms with van der Waals surface area (Å²) in [5, 5.41) is 2.81. The Kier molecular flexibility index (Phi) is 5.89. The summed E-state index contributed by atoms with van der Waals surface area (Å²) in [6.45, 7) is 1.74. The van der Waals surface area contributed by atoms with Gasteiger partial charge in [0.2, 0.25) is 5.91 Å². The lowest BCUT2D eigenvalue weighted by molar-refractivity contribution is -0.125. The molecule has 0 radical (unpaired) electrons. The van der Waals surface area contributed by atoms with E-state index in [1.165, 1.54) is 6.07 Å². The maximum Gasteiger partial charge on any atom is 0.225 e. The molecule has 2 rings (SSSR count). The molecule has 3 atom stereocenters. The van der Waals surface area contributed by atoms with Crippen LogP contribution in [0, 0.1) is 17.6 Å². The van der Waals surface area contributed by atoms with Crippen LogP contribution in [0.2, 0.25) is 0 Å². The van der Waals surface area contributed by atoms with Crippen LogP contribution in [0.25, 0.3) is 0 Å². The van der Waals surface area contributed by atoms with Crippen LogP contribution in [0.15, 0.2) is 18.2 Å². The molecule has 0 heterocycles. The van der Waals surface area contributed by atoms with Crippen molar-refractivity contribution in [1.29, 1.82) is 0 Å². The van der Waals surface area contributed by atoms with Gasteiger partial charge in [-0.15, -0.1) is 12.4 Å². The average molecular weight is 305 g/mol. The summed E-state index contributed by atoms with van der Waals surface area (Å²) < 4.78 is 26.0. The van der Waals surface area contributed by atoms with Crippen molar-refractivity contribution in [3.63, 3.8) is 0 Å². The van der Waals surface area contributed by atoms with E-state index in [9.17, 15) is 13.6 Å². The van der Waals surface area contributed by atoms with E-state index < -0.39 is 11.6 Å². The van der Waals surface area contributed by atoms with Gasteiger partial charge in [-0.2, -0.15) is 0 Å². The monoisotopic (exact) mass is 304 g/mol. The number of hydrogen-bond donors (Lipinski definition) is 2. The minimum absolute atomic E-state index is 0. The molecular weight excluding hydrogens is 286 g/mol. The Balaban J connectivity index is 0.00000200. The van der Waals surface area contributed by atoms with Gasteiger partial charge in [0.25, 0.3) is 0 Å². The molecule has 6 heteroatoms. The molecule has 1 fully saturated rings. The molecule has 0 bridgehead atoms. The molecule has 1 aliphatic carbocycles. The van der Waals surface area contributed by atoms with Crippen LogP contribution in [-0.4, -0.2) is 11.9 Å². The summed E-state index contributed by atoms with van der Waals surface area (Å²) in [7, 11) is 0. The molecule has 0 aliphatic heterocycles. The Morgan fingerprint density at radius 2 is 2.05 bits per heavy atom. The normalized spacial score (nSPS) is 23.0. The highest BCUT2D eigenvalue weighted by atomic mass is 35.5. The number of nitrogens with one attached hydrogen (secondary N) is 1. The third kappa shape index (κ3) is 3.67. The number of amides is 1. The fraction of sp³-hybridized carbons (Fsp3) is 0.500. The summed E-state index contributed by atoms with van der Waals surface area (Å²) in [6, 6.07) is 3.18. The minimum atomic E-state index is -0.906. The van der Waals surface area contributed by atoms with E-state index >= 15 is 0 Å². The summed E-state index contributed by atoms with van der Waals surface area (Å²) in [4.78, 5) is 12.0. The number of carbonyl (C=O) groups is 1. The van der Waals surface area contributed by atoms with Gasteiger partial charge in [0.15, 0.2) is 11.6 Å². The maximum absolute atomic E-state index is 13.1. The first-order valence-corrected chi connectivity index (χ1v) is 6.50. The van der Waals surface area contributed by atoms with Crippen molar-refractivity contribution in [2.45, 2.75) is 38.3 Å². The molecule has 3 N–H and O–H groups in total. The average Bonchev–Trinajstić information content (AvgIpc) is 2.79. The van der Waals surface area contributed by atoms with E-state index in [1.807, 2.05) is 0 Å². The fourth-order valence-corrected chi connectivity index (χ4v) is 2.50. The molecule has 3 nitrogen and oxygen atoms in total. The van der Waals surface area contributed by atoms with Gasteiger partial charge in [-0.1, -0.05) is 12.5 Å². The Hall–Kier alpha value is -1.20. The number of nitrogens with two attached hydrogens (primary N) is 1. The Bertz CT molecular complexity index is 484.